The van der Waals surface area contributed by atoms with Gasteiger partial charge in [-0.3, -0.25) is 0 Å². The number of nitrogens with one attached hydrogen (secondary N) is 1. The first-order valence-corrected chi connectivity index (χ1v) is 13.3. The van der Waals surface area contributed by atoms with E-state index in [4.69, 9.17) is 13.8 Å². The van der Waals surface area contributed by atoms with Crippen molar-refractivity contribution in [1.29, 1.82) is 0 Å². The number of rotatable bonds is 9. The molecule has 0 unspecified atom stereocenters. The van der Waals surface area contributed by atoms with Crippen LogP contribution in [-0.2, 0) is 15.9 Å². The predicted molar refractivity (Wildman–Crippen MR) is 139 cm³/mol. The molecule has 0 bridgehead atoms. The number of amides is 1. The van der Waals surface area contributed by atoms with E-state index in [9.17, 15) is 9.36 Å². The van der Waals surface area contributed by atoms with Gasteiger partial charge in [-0.2, -0.15) is 0 Å². The molecular formula is C28H34NO5P. The molecule has 186 valence electrons. The second-order valence-corrected chi connectivity index (χ2v) is 11.2. The van der Waals surface area contributed by atoms with Crippen molar-refractivity contribution in [1.82, 2.24) is 5.32 Å². The molecule has 6 nitrogen and oxygen atoms in total. The molecule has 7 heteroatoms. The lowest BCUT2D eigenvalue weighted by molar-refractivity contribution is 0.135. The molecule has 0 saturated heterocycles. The number of carbonyl (C=O) groups is 1. The van der Waals surface area contributed by atoms with Gasteiger partial charge < -0.3 is 19.1 Å². The van der Waals surface area contributed by atoms with E-state index in [0.29, 0.717) is 11.5 Å². The van der Waals surface area contributed by atoms with E-state index in [-0.39, 0.29) is 12.5 Å². The smallest absolute Gasteiger partial charge is 0.445 e. The van der Waals surface area contributed by atoms with E-state index < -0.39 is 19.5 Å². The van der Waals surface area contributed by atoms with Crippen LogP contribution in [0.2, 0.25) is 0 Å². The molecule has 0 heterocycles. The Kier molecular flexibility index (Phi) is 8.63. The predicted octanol–water partition coefficient (Wildman–Crippen LogP) is 7.48. The van der Waals surface area contributed by atoms with Gasteiger partial charge in [-0.25, -0.2) is 9.36 Å². The van der Waals surface area contributed by atoms with Crippen molar-refractivity contribution in [3.8, 4) is 11.5 Å². The average molecular weight is 496 g/mol. The highest BCUT2D eigenvalue weighted by molar-refractivity contribution is 7.55. The lowest BCUT2D eigenvalue weighted by atomic mass is 10.1. The minimum absolute atomic E-state index is 0.0947. The van der Waals surface area contributed by atoms with Gasteiger partial charge in [0.2, 0.25) is 0 Å². The number of hydrogen-bond donors (Lipinski definition) is 1. The summed E-state index contributed by atoms with van der Waals surface area (Å²) < 4.78 is 32.2. The minimum atomic E-state index is -3.98. The number of ether oxygens (including phenoxy) is 1. The van der Waals surface area contributed by atoms with Crippen LogP contribution in [-0.4, -0.2) is 11.9 Å². The van der Waals surface area contributed by atoms with E-state index in [1.54, 1.807) is 0 Å². The van der Waals surface area contributed by atoms with Crippen molar-refractivity contribution in [2.45, 2.75) is 53.9 Å². The van der Waals surface area contributed by atoms with Gasteiger partial charge in [0.25, 0.3) is 0 Å². The number of benzene rings is 3. The summed E-state index contributed by atoms with van der Waals surface area (Å²) in [6.07, 6.45) is -0.693. The number of aryl methyl sites for hydroxylation is 4. The highest BCUT2D eigenvalue weighted by atomic mass is 31.2. The van der Waals surface area contributed by atoms with Crippen LogP contribution in [0.5, 0.6) is 11.5 Å². The standard InChI is InChI=1S/C28H34NO5P/c1-19(2)27(29-28(30)32-18-24-10-8-7-9-11-24)35(31,33-25-16-20(3)12-14-22(25)5)34-26-17-21(4)13-15-23(26)6/h7-17,19,27H,18H2,1-6H3,(H,29,30)/t27-/m0/s1. The van der Waals surface area contributed by atoms with Gasteiger partial charge in [0.1, 0.15) is 18.1 Å². The van der Waals surface area contributed by atoms with Crippen LogP contribution in [0, 0.1) is 33.6 Å². The zero-order valence-electron chi connectivity index (χ0n) is 21.2. The monoisotopic (exact) mass is 495 g/mol. The fraction of sp³-hybridized carbons (Fsp3) is 0.321. The van der Waals surface area contributed by atoms with E-state index in [1.165, 1.54) is 0 Å². The molecule has 0 fully saturated rings. The number of alkyl carbamates (subject to hydrolysis) is 1. The minimum Gasteiger partial charge on any atom is -0.445 e. The molecule has 1 atom stereocenters. The van der Waals surface area contributed by atoms with Gasteiger partial charge in [-0.15, -0.1) is 0 Å². The Morgan fingerprint density at radius 1 is 0.829 bits per heavy atom. The summed E-state index contributed by atoms with van der Waals surface area (Å²) >= 11 is 0. The lowest BCUT2D eigenvalue weighted by Gasteiger charge is -2.31. The largest absolute Gasteiger partial charge is 0.453 e. The van der Waals surface area contributed by atoms with Crippen LogP contribution in [0.4, 0.5) is 4.79 Å². The molecule has 0 saturated carbocycles. The Morgan fingerprint density at radius 2 is 1.34 bits per heavy atom. The molecule has 0 aliphatic rings. The van der Waals surface area contributed by atoms with E-state index >= 15 is 0 Å². The summed E-state index contributed by atoms with van der Waals surface area (Å²) in [5.74, 6) is -0.335. The first-order valence-electron chi connectivity index (χ1n) is 11.7. The van der Waals surface area contributed by atoms with Crippen LogP contribution in [0.1, 0.15) is 41.7 Å². The summed E-state index contributed by atoms with van der Waals surface area (Å²) in [7, 11) is -3.98. The van der Waals surface area contributed by atoms with Crippen LogP contribution < -0.4 is 14.4 Å². The average Bonchev–Trinajstić information content (AvgIpc) is 2.81. The summed E-state index contributed by atoms with van der Waals surface area (Å²) in [6.45, 7) is 11.4. The summed E-state index contributed by atoms with van der Waals surface area (Å²) in [5, 5.41) is 2.76. The Morgan fingerprint density at radius 3 is 1.83 bits per heavy atom. The first-order chi connectivity index (χ1) is 16.6. The third kappa shape index (κ3) is 7.12. The second kappa shape index (κ2) is 11.5. The van der Waals surface area contributed by atoms with Gasteiger partial charge in [0, 0.05) is 0 Å². The molecule has 1 N–H and O–H groups in total. The third-order valence-electron chi connectivity index (χ3n) is 5.59. The maximum absolute atomic E-state index is 14.5. The second-order valence-electron chi connectivity index (χ2n) is 9.16. The molecule has 3 aromatic carbocycles. The van der Waals surface area contributed by atoms with E-state index in [1.807, 2.05) is 108 Å². The molecule has 0 aromatic heterocycles. The van der Waals surface area contributed by atoms with Crippen molar-refractivity contribution < 1.29 is 23.1 Å². The van der Waals surface area contributed by atoms with Crippen molar-refractivity contribution in [3.05, 3.63) is 94.5 Å². The van der Waals surface area contributed by atoms with E-state index in [0.717, 1.165) is 27.8 Å². The molecule has 0 aliphatic heterocycles. The molecule has 0 radical (unpaired) electrons. The molecule has 35 heavy (non-hydrogen) atoms. The Labute approximate surface area is 208 Å². The maximum atomic E-state index is 14.5. The van der Waals surface area contributed by atoms with Gasteiger partial charge in [0.15, 0.2) is 5.78 Å². The summed E-state index contributed by atoms with van der Waals surface area (Å²) in [5.41, 5.74) is 4.40. The summed E-state index contributed by atoms with van der Waals surface area (Å²) in [4.78, 5) is 12.8. The Hall–Kier alpha value is -3.24. The molecule has 1 amide bonds. The maximum Gasteiger partial charge on any atom is 0.453 e. The Balaban J connectivity index is 1.93. The van der Waals surface area contributed by atoms with Gasteiger partial charge in [-0.1, -0.05) is 68.4 Å². The van der Waals surface area contributed by atoms with Crippen molar-refractivity contribution in [3.63, 3.8) is 0 Å². The Bertz CT molecular complexity index is 1150. The van der Waals surface area contributed by atoms with Gasteiger partial charge >= 0.3 is 13.7 Å². The van der Waals surface area contributed by atoms with Gasteiger partial charge in [0.05, 0.1) is 0 Å². The lowest BCUT2D eigenvalue weighted by Crippen LogP contribution is -2.41. The molecule has 0 spiro atoms. The van der Waals surface area contributed by atoms with Crippen LogP contribution in [0.3, 0.4) is 0 Å². The third-order valence-corrected chi connectivity index (χ3v) is 7.90. The SMILES string of the molecule is Cc1ccc(C)c(OP(=O)(Oc2cc(C)ccc2C)[C@H](NC(=O)OCc2ccccc2)C(C)C)c1. The topological polar surface area (TPSA) is 73.9 Å². The van der Waals surface area contributed by atoms with Crippen LogP contribution in [0.25, 0.3) is 0 Å². The molecule has 3 rings (SSSR count). The first kappa shape index (κ1) is 26.4. The normalized spacial score (nSPS) is 12.2. The van der Waals surface area contributed by atoms with Crippen LogP contribution >= 0.6 is 7.60 Å². The fourth-order valence-corrected chi connectivity index (χ4v) is 5.71. The number of hydrogen-bond acceptors (Lipinski definition) is 5. The quantitative estimate of drug-likeness (QED) is 0.312. The summed E-state index contributed by atoms with van der Waals surface area (Å²) in [6, 6.07) is 20.7. The molecule has 3 aromatic rings. The van der Waals surface area contributed by atoms with Crippen molar-refractivity contribution in [2.75, 3.05) is 0 Å². The van der Waals surface area contributed by atoms with E-state index in [2.05, 4.69) is 5.32 Å². The number of carbonyl (C=O) groups excluding carboxylic acids is 1. The zero-order chi connectivity index (χ0) is 25.6. The molecule has 0 aliphatic carbocycles. The highest BCUT2D eigenvalue weighted by Gasteiger charge is 2.43. The zero-order valence-corrected chi connectivity index (χ0v) is 22.1. The fourth-order valence-electron chi connectivity index (χ4n) is 3.51. The van der Waals surface area contributed by atoms with Crippen molar-refractivity contribution >= 4 is 13.7 Å². The van der Waals surface area contributed by atoms with Gasteiger partial charge in [-0.05, 0) is 73.6 Å². The highest BCUT2D eigenvalue weighted by Crippen LogP contribution is 2.55. The van der Waals surface area contributed by atoms with Crippen LogP contribution in [0.15, 0.2) is 66.7 Å². The molecular weight excluding hydrogens is 461 g/mol. The van der Waals surface area contributed by atoms with Crippen molar-refractivity contribution in [2.24, 2.45) is 5.92 Å².